The third kappa shape index (κ3) is 16.8. The Balaban J connectivity index is -0.0000000675. The summed E-state index contributed by atoms with van der Waals surface area (Å²) in [6, 6.07) is -1.93. The average Bonchev–Trinajstić information content (AvgIpc) is 1.79. The van der Waals surface area contributed by atoms with Crippen LogP contribution in [0.5, 0.6) is 0 Å². The van der Waals surface area contributed by atoms with Gasteiger partial charge >= 0.3 is 71.2 Å². The number of urea groups is 2. The molecule has 8 nitrogen and oxygen atoms in total. The SMILES string of the molecule is NC(=O)NOONC(N)=O.[H-].[H-].[Na+].[Na+]. The summed E-state index contributed by atoms with van der Waals surface area (Å²) in [5.41, 5.74) is 12.1. The largest absolute Gasteiger partial charge is 1.00 e. The van der Waals surface area contributed by atoms with Crippen LogP contribution in [-0.4, -0.2) is 12.1 Å². The number of carbonyl (C=O) groups excluding carboxylic acids is 2. The zero-order valence-electron chi connectivity index (χ0n) is 8.79. The molecule has 0 bridgehead atoms. The Kier molecular flexibility index (Phi) is 17.5. The van der Waals surface area contributed by atoms with Gasteiger partial charge < -0.3 is 14.3 Å². The van der Waals surface area contributed by atoms with Crippen LogP contribution in [0.25, 0.3) is 0 Å². The number of rotatable bonds is 3. The fraction of sp³-hybridized carbons (Fsp3) is 0. The molecule has 0 fully saturated rings. The Morgan fingerprint density at radius 1 is 1.00 bits per heavy atom. The fourth-order valence-corrected chi connectivity index (χ4v) is 0.124. The molecule has 0 aromatic carbocycles. The minimum absolute atomic E-state index is 0. The summed E-state index contributed by atoms with van der Waals surface area (Å²) >= 11 is 0. The van der Waals surface area contributed by atoms with Crippen LogP contribution >= 0.6 is 0 Å². The Labute approximate surface area is 115 Å². The second-order valence-corrected chi connectivity index (χ2v) is 1.10. The van der Waals surface area contributed by atoms with E-state index in [1.807, 2.05) is 0 Å². The number of primary amides is 2. The molecular weight excluding hydrogens is 190 g/mol. The summed E-state index contributed by atoms with van der Waals surface area (Å²) in [4.78, 5) is 27.2. The predicted molar refractivity (Wildman–Crippen MR) is 29.8 cm³/mol. The molecule has 0 spiro atoms. The molecule has 0 heterocycles. The van der Waals surface area contributed by atoms with E-state index in [9.17, 15) is 9.59 Å². The average molecular weight is 198 g/mol. The third-order valence-corrected chi connectivity index (χ3v) is 0.326. The van der Waals surface area contributed by atoms with Gasteiger partial charge in [0.1, 0.15) is 0 Å². The first-order valence-electron chi connectivity index (χ1n) is 2.06. The van der Waals surface area contributed by atoms with Crippen LogP contribution in [0.3, 0.4) is 0 Å². The van der Waals surface area contributed by atoms with Gasteiger partial charge in [0.15, 0.2) is 0 Å². The van der Waals surface area contributed by atoms with E-state index in [4.69, 9.17) is 0 Å². The molecule has 62 valence electrons. The van der Waals surface area contributed by atoms with Crippen LogP contribution in [-0.2, 0) is 9.98 Å². The van der Waals surface area contributed by atoms with Crippen LogP contribution in [0.15, 0.2) is 0 Å². The second kappa shape index (κ2) is 11.5. The van der Waals surface area contributed by atoms with E-state index in [1.165, 1.54) is 0 Å². The molecule has 10 heteroatoms. The summed E-state index contributed by atoms with van der Waals surface area (Å²) < 4.78 is 0. The Bertz CT molecular complexity index is 135. The predicted octanol–water partition coefficient (Wildman–Crippen LogP) is -7.67. The van der Waals surface area contributed by atoms with Crippen molar-refractivity contribution in [1.82, 2.24) is 11.0 Å². The van der Waals surface area contributed by atoms with Gasteiger partial charge in [-0.1, -0.05) is 9.98 Å². The van der Waals surface area contributed by atoms with E-state index in [0.29, 0.717) is 0 Å². The number of nitrogens with one attached hydrogen (secondary N) is 2. The molecule has 12 heavy (non-hydrogen) atoms. The minimum atomic E-state index is -0.966. The molecule has 0 aliphatic rings. The topological polar surface area (TPSA) is 129 Å². The van der Waals surface area contributed by atoms with Crippen LogP contribution in [0.1, 0.15) is 2.85 Å². The molecule has 0 unspecified atom stereocenters. The summed E-state index contributed by atoms with van der Waals surface area (Å²) in [6.45, 7) is 0. The number of nitrogens with two attached hydrogens (primary N) is 2. The molecule has 0 saturated heterocycles. The number of carbonyl (C=O) groups is 2. The van der Waals surface area contributed by atoms with Gasteiger partial charge in [-0.25, -0.2) is 9.59 Å². The number of hydrogen-bond acceptors (Lipinski definition) is 4. The van der Waals surface area contributed by atoms with Crippen molar-refractivity contribution in [3.8, 4) is 0 Å². The fourth-order valence-electron chi connectivity index (χ4n) is 0.124. The summed E-state index contributed by atoms with van der Waals surface area (Å²) in [6.07, 6.45) is 0. The molecule has 0 aliphatic carbocycles. The minimum Gasteiger partial charge on any atom is -1.00 e. The second-order valence-electron chi connectivity index (χ2n) is 1.10. The number of amides is 4. The van der Waals surface area contributed by atoms with Gasteiger partial charge in [0.05, 0.1) is 0 Å². The molecule has 0 rings (SSSR count). The van der Waals surface area contributed by atoms with E-state index in [-0.39, 0.29) is 62.0 Å². The summed E-state index contributed by atoms with van der Waals surface area (Å²) in [5.74, 6) is 0. The maximum atomic E-state index is 9.81. The zero-order chi connectivity index (χ0) is 7.98. The van der Waals surface area contributed by atoms with E-state index >= 15 is 0 Å². The molecule has 0 saturated carbocycles. The van der Waals surface area contributed by atoms with Crippen LogP contribution < -0.4 is 81.5 Å². The van der Waals surface area contributed by atoms with Gasteiger partial charge in [-0.05, 0) is 0 Å². The Morgan fingerprint density at radius 3 is 1.42 bits per heavy atom. The van der Waals surface area contributed by atoms with E-state index in [0.717, 1.165) is 0 Å². The van der Waals surface area contributed by atoms with Gasteiger partial charge in [-0.2, -0.15) is 11.0 Å². The van der Waals surface area contributed by atoms with Crippen molar-refractivity contribution in [2.45, 2.75) is 0 Å². The van der Waals surface area contributed by atoms with Crippen molar-refractivity contribution in [1.29, 1.82) is 0 Å². The Hall–Kier alpha value is 0.460. The normalized spacial score (nSPS) is 7.00. The first-order chi connectivity index (χ1) is 4.63. The van der Waals surface area contributed by atoms with Crippen molar-refractivity contribution in [3.63, 3.8) is 0 Å². The summed E-state index contributed by atoms with van der Waals surface area (Å²) in [7, 11) is 0. The smallest absolute Gasteiger partial charge is 1.00 e. The zero-order valence-corrected chi connectivity index (χ0v) is 10.8. The van der Waals surface area contributed by atoms with Crippen molar-refractivity contribution >= 4 is 12.1 Å². The molecular formula is C2H8N4Na2O4. The molecule has 0 atom stereocenters. The molecule has 0 aromatic heterocycles. The van der Waals surface area contributed by atoms with Gasteiger partial charge in [0.2, 0.25) is 0 Å². The van der Waals surface area contributed by atoms with Gasteiger partial charge in [-0.3, -0.25) is 0 Å². The van der Waals surface area contributed by atoms with E-state index in [1.54, 1.807) is 11.0 Å². The molecule has 0 radical (unpaired) electrons. The van der Waals surface area contributed by atoms with Crippen molar-refractivity contribution in [2.75, 3.05) is 0 Å². The van der Waals surface area contributed by atoms with E-state index in [2.05, 4.69) is 21.4 Å². The monoisotopic (exact) mass is 198 g/mol. The quantitative estimate of drug-likeness (QED) is 0.155. The van der Waals surface area contributed by atoms with Crippen molar-refractivity contribution < 1.29 is 81.5 Å². The first kappa shape index (κ1) is 18.3. The molecule has 6 N–H and O–H groups in total. The molecule has 4 amide bonds. The van der Waals surface area contributed by atoms with Crippen LogP contribution in [0.2, 0.25) is 0 Å². The van der Waals surface area contributed by atoms with Crippen molar-refractivity contribution in [2.24, 2.45) is 11.5 Å². The molecule has 0 aromatic rings. The summed E-state index contributed by atoms with van der Waals surface area (Å²) in [5, 5.41) is 0. The standard InChI is InChI=1S/C2H6N4O4.2Na.2H/c3-1(7)5-9-10-6-2(4)8;;;;/h(H3,3,5,7)(H3,4,6,8);;;;/q;2*+1;2*-1. The Morgan fingerprint density at radius 2 is 1.25 bits per heavy atom. The first-order valence-corrected chi connectivity index (χ1v) is 2.06. The van der Waals surface area contributed by atoms with Crippen molar-refractivity contribution in [3.05, 3.63) is 0 Å². The van der Waals surface area contributed by atoms with Crippen LogP contribution in [0.4, 0.5) is 9.59 Å². The van der Waals surface area contributed by atoms with Crippen LogP contribution in [0, 0.1) is 0 Å². The number of hydroxylamine groups is 2. The molecule has 0 aliphatic heterocycles. The van der Waals surface area contributed by atoms with Gasteiger partial charge in [-0.15, -0.1) is 0 Å². The van der Waals surface area contributed by atoms with E-state index < -0.39 is 12.1 Å². The number of hydrogen-bond donors (Lipinski definition) is 4. The van der Waals surface area contributed by atoms with Gasteiger partial charge in [0, 0.05) is 0 Å². The maximum absolute atomic E-state index is 9.81. The third-order valence-electron chi connectivity index (χ3n) is 0.326. The van der Waals surface area contributed by atoms with Gasteiger partial charge in [0.25, 0.3) is 0 Å². The maximum Gasteiger partial charge on any atom is 1.00 e.